The Balaban J connectivity index is 2.56. The van der Waals surface area contributed by atoms with E-state index in [2.05, 4.69) is 4.98 Å². The van der Waals surface area contributed by atoms with Crippen molar-refractivity contribution < 1.29 is 13.2 Å². The molecule has 0 unspecified atom stereocenters. The van der Waals surface area contributed by atoms with Crippen LogP contribution in [-0.4, -0.2) is 9.97 Å². The van der Waals surface area contributed by atoms with Gasteiger partial charge in [0.2, 0.25) is 5.82 Å². The molecule has 4 nitrogen and oxygen atoms in total. The zero-order valence-corrected chi connectivity index (χ0v) is 9.39. The van der Waals surface area contributed by atoms with E-state index in [-0.39, 0.29) is 5.69 Å². The monoisotopic (exact) mass is 271 g/mol. The first-order chi connectivity index (χ1) is 8.40. The molecule has 0 bridgehead atoms. The summed E-state index contributed by atoms with van der Waals surface area (Å²) < 4.78 is 37.4. The molecule has 2 heterocycles. The van der Waals surface area contributed by atoms with Gasteiger partial charge in [-0.15, -0.1) is 11.3 Å². The maximum atomic E-state index is 12.5. The van der Waals surface area contributed by atoms with Gasteiger partial charge in [0, 0.05) is 6.07 Å². The third kappa shape index (κ3) is 2.41. The normalized spacial score (nSPS) is 11.2. The standard InChI is InChI=1S/C10H4F3N3OS/c11-10(12,13)9-15-6(3-8(17)16-9)7-2-1-5(4-14)18-7/h1-3H,(H,15,16,17). The van der Waals surface area contributed by atoms with E-state index < -0.39 is 17.6 Å². The predicted molar refractivity (Wildman–Crippen MR) is 57.9 cm³/mol. The van der Waals surface area contributed by atoms with Crippen LogP contribution in [0, 0.1) is 11.3 Å². The van der Waals surface area contributed by atoms with E-state index in [1.807, 2.05) is 6.07 Å². The van der Waals surface area contributed by atoms with Gasteiger partial charge < -0.3 is 4.98 Å². The van der Waals surface area contributed by atoms with Crippen molar-refractivity contribution in [3.05, 3.63) is 39.3 Å². The Morgan fingerprint density at radius 3 is 2.67 bits per heavy atom. The number of hydrogen-bond donors (Lipinski definition) is 1. The molecule has 0 atom stereocenters. The minimum atomic E-state index is -4.72. The van der Waals surface area contributed by atoms with Crippen LogP contribution in [0.15, 0.2) is 23.0 Å². The zero-order valence-electron chi connectivity index (χ0n) is 8.58. The highest BCUT2D eigenvalue weighted by atomic mass is 32.1. The van der Waals surface area contributed by atoms with E-state index in [0.29, 0.717) is 9.75 Å². The Hall–Kier alpha value is -2.14. The van der Waals surface area contributed by atoms with Crippen LogP contribution in [0.1, 0.15) is 10.7 Å². The topological polar surface area (TPSA) is 69.5 Å². The minimum Gasteiger partial charge on any atom is -0.303 e. The quantitative estimate of drug-likeness (QED) is 0.865. The zero-order chi connectivity index (χ0) is 13.3. The Morgan fingerprint density at radius 2 is 2.11 bits per heavy atom. The lowest BCUT2D eigenvalue weighted by molar-refractivity contribution is -0.145. The summed E-state index contributed by atoms with van der Waals surface area (Å²) in [5, 5.41) is 8.63. The van der Waals surface area contributed by atoms with E-state index in [9.17, 15) is 18.0 Å². The van der Waals surface area contributed by atoms with Crippen molar-refractivity contribution in [2.24, 2.45) is 0 Å². The average molecular weight is 271 g/mol. The molecular weight excluding hydrogens is 267 g/mol. The summed E-state index contributed by atoms with van der Waals surface area (Å²) in [6.45, 7) is 0. The number of nitrogens with one attached hydrogen (secondary N) is 1. The molecule has 0 aliphatic rings. The molecule has 0 amide bonds. The lowest BCUT2D eigenvalue weighted by atomic mass is 10.3. The van der Waals surface area contributed by atoms with Crippen LogP contribution < -0.4 is 5.56 Å². The number of hydrogen-bond acceptors (Lipinski definition) is 4. The van der Waals surface area contributed by atoms with Crippen LogP contribution in [0.5, 0.6) is 0 Å². The van der Waals surface area contributed by atoms with Crippen molar-refractivity contribution >= 4 is 11.3 Å². The van der Waals surface area contributed by atoms with Crippen LogP contribution in [-0.2, 0) is 6.18 Å². The molecule has 0 radical (unpaired) electrons. The summed E-state index contributed by atoms with van der Waals surface area (Å²) in [4.78, 5) is 16.8. The molecule has 0 saturated heterocycles. The van der Waals surface area contributed by atoms with Gasteiger partial charge in [-0.25, -0.2) is 4.98 Å². The maximum absolute atomic E-state index is 12.5. The first kappa shape index (κ1) is 12.3. The molecule has 18 heavy (non-hydrogen) atoms. The largest absolute Gasteiger partial charge is 0.449 e. The van der Waals surface area contributed by atoms with Crippen molar-refractivity contribution in [1.29, 1.82) is 5.26 Å². The first-order valence-electron chi connectivity index (χ1n) is 4.59. The van der Waals surface area contributed by atoms with E-state index in [0.717, 1.165) is 17.4 Å². The SMILES string of the molecule is N#Cc1ccc(-c2cc(=O)[nH]c(C(F)(F)F)n2)s1. The van der Waals surface area contributed by atoms with Crippen molar-refractivity contribution in [1.82, 2.24) is 9.97 Å². The van der Waals surface area contributed by atoms with Crippen LogP contribution in [0.3, 0.4) is 0 Å². The van der Waals surface area contributed by atoms with Gasteiger partial charge in [0.05, 0.1) is 10.6 Å². The molecule has 0 aliphatic heterocycles. The van der Waals surface area contributed by atoms with Gasteiger partial charge in [-0.3, -0.25) is 4.79 Å². The molecule has 0 spiro atoms. The van der Waals surface area contributed by atoms with E-state index in [4.69, 9.17) is 5.26 Å². The summed E-state index contributed by atoms with van der Waals surface area (Å²) in [6, 6.07) is 5.72. The van der Waals surface area contributed by atoms with Gasteiger partial charge in [0.1, 0.15) is 10.9 Å². The van der Waals surface area contributed by atoms with E-state index in [1.165, 1.54) is 12.1 Å². The third-order valence-electron chi connectivity index (χ3n) is 1.98. The second kappa shape index (κ2) is 4.27. The molecule has 0 aliphatic carbocycles. The summed E-state index contributed by atoms with van der Waals surface area (Å²) in [6.07, 6.45) is -4.72. The fourth-order valence-corrected chi connectivity index (χ4v) is 2.02. The second-order valence-corrected chi connectivity index (χ2v) is 4.34. The first-order valence-corrected chi connectivity index (χ1v) is 5.40. The Kier molecular flexibility index (Phi) is 2.92. The summed E-state index contributed by atoms with van der Waals surface area (Å²) >= 11 is 0.970. The molecule has 2 rings (SSSR count). The highest BCUT2D eigenvalue weighted by Gasteiger charge is 2.34. The van der Waals surface area contributed by atoms with Crippen molar-refractivity contribution in [2.45, 2.75) is 6.18 Å². The fourth-order valence-electron chi connectivity index (χ4n) is 1.25. The molecule has 92 valence electrons. The highest BCUT2D eigenvalue weighted by Crippen LogP contribution is 2.29. The third-order valence-corrected chi connectivity index (χ3v) is 2.99. The molecular formula is C10H4F3N3OS. The van der Waals surface area contributed by atoms with Gasteiger partial charge >= 0.3 is 6.18 Å². The molecule has 0 fully saturated rings. The van der Waals surface area contributed by atoms with Gasteiger partial charge in [-0.05, 0) is 12.1 Å². The van der Waals surface area contributed by atoms with Gasteiger partial charge in [0.15, 0.2) is 0 Å². The number of thiophene rings is 1. The summed E-state index contributed by atoms with van der Waals surface area (Å²) in [5.74, 6) is -1.35. The van der Waals surface area contributed by atoms with Gasteiger partial charge in [-0.2, -0.15) is 18.4 Å². The Morgan fingerprint density at radius 1 is 1.39 bits per heavy atom. The van der Waals surface area contributed by atoms with Crippen LogP contribution in [0.2, 0.25) is 0 Å². The minimum absolute atomic E-state index is 0.0995. The van der Waals surface area contributed by atoms with Crippen molar-refractivity contribution in [3.63, 3.8) is 0 Å². The van der Waals surface area contributed by atoms with Gasteiger partial charge in [-0.1, -0.05) is 0 Å². The highest BCUT2D eigenvalue weighted by molar-refractivity contribution is 7.15. The van der Waals surface area contributed by atoms with E-state index >= 15 is 0 Å². The Labute approximate surface area is 102 Å². The average Bonchev–Trinajstić information content (AvgIpc) is 2.75. The summed E-state index contributed by atoms with van der Waals surface area (Å²) in [5.41, 5.74) is -0.989. The smallest absolute Gasteiger partial charge is 0.303 e. The lowest BCUT2D eigenvalue weighted by Gasteiger charge is -2.05. The van der Waals surface area contributed by atoms with Crippen LogP contribution >= 0.6 is 11.3 Å². The molecule has 2 aromatic heterocycles. The fraction of sp³-hybridized carbons (Fsp3) is 0.100. The second-order valence-electron chi connectivity index (χ2n) is 3.25. The van der Waals surface area contributed by atoms with Gasteiger partial charge in [0.25, 0.3) is 5.56 Å². The number of H-pyrrole nitrogens is 1. The maximum Gasteiger partial charge on any atom is 0.449 e. The molecule has 0 saturated carbocycles. The number of nitriles is 1. The van der Waals surface area contributed by atoms with Crippen molar-refractivity contribution in [2.75, 3.05) is 0 Å². The number of aromatic amines is 1. The lowest BCUT2D eigenvalue weighted by Crippen LogP contribution is -2.18. The number of aromatic nitrogens is 2. The summed E-state index contributed by atoms with van der Waals surface area (Å²) in [7, 11) is 0. The molecule has 0 aromatic carbocycles. The number of alkyl halides is 3. The van der Waals surface area contributed by atoms with Crippen LogP contribution in [0.4, 0.5) is 13.2 Å². The van der Waals surface area contributed by atoms with Crippen molar-refractivity contribution in [3.8, 4) is 16.6 Å². The van der Waals surface area contributed by atoms with E-state index in [1.54, 1.807) is 4.98 Å². The number of nitrogens with zero attached hydrogens (tertiary/aromatic N) is 2. The number of halogens is 3. The predicted octanol–water partition coefficient (Wildman–Crippen LogP) is 2.39. The number of rotatable bonds is 1. The Bertz CT molecular complexity index is 681. The molecule has 2 aromatic rings. The molecule has 1 N–H and O–H groups in total. The molecule has 8 heteroatoms. The van der Waals surface area contributed by atoms with Crippen LogP contribution in [0.25, 0.3) is 10.6 Å².